The summed E-state index contributed by atoms with van der Waals surface area (Å²) >= 11 is 0. The molecule has 0 nitrogen and oxygen atoms in total. The zero-order valence-electron chi connectivity index (χ0n) is 9.28. The van der Waals surface area contributed by atoms with Crippen LogP contribution in [-0.4, -0.2) is 5.67 Å². The van der Waals surface area contributed by atoms with E-state index in [0.717, 1.165) is 18.8 Å². The van der Waals surface area contributed by atoms with E-state index in [1.807, 2.05) is 0 Å². The Kier molecular flexibility index (Phi) is 3.75. The predicted molar refractivity (Wildman–Crippen MR) is 55.5 cm³/mol. The van der Waals surface area contributed by atoms with Gasteiger partial charge in [-0.15, -0.1) is 0 Å². The Bertz CT molecular complexity index is 138. The van der Waals surface area contributed by atoms with Gasteiger partial charge in [0.05, 0.1) is 0 Å². The summed E-state index contributed by atoms with van der Waals surface area (Å²) < 4.78 is 13.6. The van der Waals surface area contributed by atoms with E-state index in [0.29, 0.717) is 5.92 Å². The average Bonchev–Trinajstić information content (AvgIpc) is 2.04. The molecule has 0 radical (unpaired) electrons. The number of hydrogen-bond acceptors (Lipinski definition) is 0. The first-order valence-electron chi connectivity index (χ1n) is 5.73. The van der Waals surface area contributed by atoms with Crippen LogP contribution in [0.4, 0.5) is 4.39 Å². The second kappa shape index (κ2) is 4.43. The van der Waals surface area contributed by atoms with Gasteiger partial charge < -0.3 is 0 Å². The van der Waals surface area contributed by atoms with E-state index in [1.165, 1.54) is 25.7 Å². The quantitative estimate of drug-likeness (QED) is 0.615. The van der Waals surface area contributed by atoms with Gasteiger partial charge in [0, 0.05) is 0 Å². The second-order valence-corrected chi connectivity index (χ2v) is 5.07. The minimum Gasteiger partial charge on any atom is -0.244 e. The van der Waals surface area contributed by atoms with E-state index in [1.54, 1.807) is 13.8 Å². The van der Waals surface area contributed by atoms with E-state index in [2.05, 4.69) is 6.92 Å². The van der Waals surface area contributed by atoms with Crippen LogP contribution in [0.5, 0.6) is 0 Å². The molecule has 0 aromatic heterocycles. The third-order valence-electron chi connectivity index (χ3n) is 3.51. The Balaban J connectivity index is 2.30. The van der Waals surface area contributed by atoms with Crippen molar-refractivity contribution in [1.82, 2.24) is 0 Å². The van der Waals surface area contributed by atoms with Gasteiger partial charge in [-0.2, -0.15) is 0 Å². The lowest BCUT2D eigenvalue weighted by Crippen LogP contribution is -2.29. The molecule has 1 rings (SSSR count). The van der Waals surface area contributed by atoms with Crippen molar-refractivity contribution in [2.75, 3.05) is 0 Å². The molecule has 1 aliphatic carbocycles. The van der Waals surface area contributed by atoms with Gasteiger partial charge >= 0.3 is 0 Å². The molecule has 1 heteroatoms. The number of rotatable bonds is 3. The first-order valence-corrected chi connectivity index (χ1v) is 5.73. The highest BCUT2D eigenvalue weighted by Crippen LogP contribution is 2.38. The highest BCUT2D eigenvalue weighted by Gasteiger charge is 2.32. The lowest BCUT2D eigenvalue weighted by Gasteiger charge is -2.34. The molecule has 78 valence electrons. The van der Waals surface area contributed by atoms with Crippen LogP contribution in [0.2, 0.25) is 0 Å². The number of halogens is 1. The maximum Gasteiger partial charge on any atom is 0.108 e. The molecule has 0 aromatic carbocycles. The molecule has 0 unspecified atom stereocenters. The Morgan fingerprint density at radius 3 is 2.08 bits per heavy atom. The Morgan fingerprint density at radius 1 is 1.15 bits per heavy atom. The van der Waals surface area contributed by atoms with Gasteiger partial charge in [0.25, 0.3) is 0 Å². The summed E-state index contributed by atoms with van der Waals surface area (Å²) in [6.07, 6.45) is 7.35. The largest absolute Gasteiger partial charge is 0.244 e. The molecule has 0 heterocycles. The molecule has 0 aromatic rings. The van der Waals surface area contributed by atoms with Gasteiger partial charge in [0.15, 0.2) is 0 Å². The zero-order valence-corrected chi connectivity index (χ0v) is 9.28. The van der Waals surface area contributed by atoms with Gasteiger partial charge in [-0.3, -0.25) is 0 Å². The van der Waals surface area contributed by atoms with Gasteiger partial charge in [-0.25, -0.2) is 4.39 Å². The zero-order chi connectivity index (χ0) is 9.90. The first kappa shape index (κ1) is 11.0. The van der Waals surface area contributed by atoms with Crippen LogP contribution >= 0.6 is 0 Å². The van der Waals surface area contributed by atoms with Crippen LogP contribution in [0.25, 0.3) is 0 Å². The highest BCUT2D eigenvalue weighted by molar-refractivity contribution is 4.83. The van der Waals surface area contributed by atoms with Crippen molar-refractivity contribution >= 4 is 0 Å². The SMILES string of the molecule is CCCC1CCC(C(C)(C)F)CC1. The molecule has 0 spiro atoms. The van der Waals surface area contributed by atoms with Crippen LogP contribution in [-0.2, 0) is 0 Å². The number of alkyl halides is 1. The summed E-state index contributed by atoms with van der Waals surface area (Å²) in [4.78, 5) is 0. The molecule has 0 amide bonds. The Labute approximate surface area is 81.9 Å². The van der Waals surface area contributed by atoms with E-state index in [9.17, 15) is 4.39 Å². The van der Waals surface area contributed by atoms with Gasteiger partial charge in [0.1, 0.15) is 5.67 Å². The molecule has 0 atom stereocenters. The van der Waals surface area contributed by atoms with Gasteiger partial charge in [-0.1, -0.05) is 32.6 Å². The van der Waals surface area contributed by atoms with Crippen molar-refractivity contribution < 1.29 is 4.39 Å². The van der Waals surface area contributed by atoms with E-state index >= 15 is 0 Å². The lowest BCUT2D eigenvalue weighted by atomic mass is 9.74. The summed E-state index contributed by atoms with van der Waals surface area (Å²) in [5.41, 5.74) is -0.947. The fourth-order valence-electron chi connectivity index (χ4n) is 2.55. The van der Waals surface area contributed by atoms with E-state index < -0.39 is 5.67 Å². The fourth-order valence-corrected chi connectivity index (χ4v) is 2.55. The summed E-state index contributed by atoms with van der Waals surface area (Å²) in [7, 11) is 0. The summed E-state index contributed by atoms with van der Waals surface area (Å²) in [5, 5.41) is 0. The third kappa shape index (κ3) is 3.28. The fraction of sp³-hybridized carbons (Fsp3) is 1.00. The maximum absolute atomic E-state index is 13.6. The third-order valence-corrected chi connectivity index (χ3v) is 3.51. The first-order chi connectivity index (χ1) is 6.04. The van der Waals surface area contributed by atoms with E-state index in [4.69, 9.17) is 0 Å². The summed E-state index contributed by atoms with van der Waals surface area (Å²) in [6, 6.07) is 0. The highest BCUT2D eigenvalue weighted by atomic mass is 19.1. The monoisotopic (exact) mass is 186 g/mol. The maximum atomic E-state index is 13.6. The van der Waals surface area contributed by atoms with Crippen molar-refractivity contribution in [3.63, 3.8) is 0 Å². The van der Waals surface area contributed by atoms with Crippen LogP contribution < -0.4 is 0 Å². The topological polar surface area (TPSA) is 0 Å². The predicted octanol–water partition coefficient (Wildman–Crippen LogP) is 4.34. The molecule has 0 N–H and O–H groups in total. The van der Waals surface area contributed by atoms with Crippen LogP contribution in [0.3, 0.4) is 0 Å². The average molecular weight is 186 g/mol. The molecule has 1 aliphatic rings. The molecule has 0 bridgehead atoms. The molecule has 0 aliphatic heterocycles. The molecular formula is C12H23F. The van der Waals surface area contributed by atoms with Crippen LogP contribution in [0, 0.1) is 11.8 Å². The number of hydrogen-bond donors (Lipinski definition) is 0. The lowest BCUT2D eigenvalue weighted by molar-refractivity contribution is 0.0787. The van der Waals surface area contributed by atoms with Crippen molar-refractivity contribution in [3.8, 4) is 0 Å². The molecule has 1 saturated carbocycles. The summed E-state index contributed by atoms with van der Waals surface area (Å²) in [5.74, 6) is 1.21. The van der Waals surface area contributed by atoms with Crippen molar-refractivity contribution in [2.45, 2.75) is 65.0 Å². The Morgan fingerprint density at radius 2 is 1.69 bits per heavy atom. The molecule has 0 saturated heterocycles. The minimum absolute atomic E-state index is 0.320. The van der Waals surface area contributed by atoms with Crippen LogP contribution in [0.1, 0.15) is 59.3 Å². The Hall–Kier alpha value is -0.0700. The van der Waals surface area contributed by atoms with Crippen LogP contribution in [0.15, 0.2) is 0 Å². The van der Waals surface area contributed by atoms with Gasteiger partial charge in [0.2, 0.25) is 0 Å². The molecule has 1 fully saturated rings. The smallest absolute Gasteiger partial charge is 0.108 e. The summed E-state index contributed by atoms with van der Waals surface area (Å²) in [6.45, 7) is 5.71. The van der Waals surface area contributed by atoms with E-state index in [-0.39, 0.29) is 0 Å². The molecular weight excluding hydrogens is 163 g/mol. The van der Waals surface area contributed by atoms with Crippen molar-refractivity contribution in [2.24, 2.45) is 11.8 Å². The molecule has 13 heavy (non-hydrogen) atoms. The van der Waals surface area contributed by atoms with Crippen molar-refractivity contribution in [3.05, 3.63) is 0 Å². The standard InChI is InChI=1S/C12H23F/c1-4-5-10-6-8-11(9-7-10)12(2,3)13/h10-11H,4-9H2,1-3H3. The minimum atomic E-state index is -0.947. The van der Waals surface area contributed by atoms with Gasteiger partial charge in [-0.05, 0) is 38.5 Å². The van der Waals surface area contributed by atoms with Crippen molar-refractivity contribution in [1.29, 1.82) is 0 Å². The second-order valence-electron chi connectivity index (χ2n) is 5.07. The normalized spacial score (nSPS) is 30.5.